The molecule has 0 atom stereocenters. The van der Waals surface area contributed by atoms with Gasteiger partial charge in [-0.1, -0.05) is 6.92 Å². The highest BCUT2D eigenvalue weighted by molar-refractivity contribution is 14.0. The average molecular weight is 458 g/mol. The Labute approximate surface area is 162 Å². The van der Waals surface area contributed by atoms with Gasteiger partial charge < -0.3 is 10.6 Å². The number of hydrogen-bond acceptors (Lipinski definition) is 3. The molecule has 0 unspecified atom stereocenters. The summed E-state index contributed by atoms with van der Waals surface area (Å²) in [6.07, 6.45) is 1.03. The molecule has 1 heterocycles. The molecule has 0 aliphatic heterocycles. The van der Waals surface area contributed by atoms with Crippen molar-refractivity contribution in [2.24, 2.45) is 4.99 Å². The Kier molecular flexibility index (Phi) is 8.71. The number of nitrogens with zero attached hydrogens (tertiary/aromatic N) is 2. The monoisotopic (exact) mass is 458 g/mol. The highest BCUT2D eigenvalue weighted by Gasteiger charge is 2.06. The zero-order chi connectivity index (χ0) is 16.7. The fourth-order valence-corrected chi connectivity index (χ4v) is 2.96. The van der Waals surface area contributed by atoms with E-state index in [-0.39, 0.29) is 36.3 Å². The van der Waals surface area contributed by atoms with Gasteiger partial charge in [-0.15, -0.1) is 35.3 Å². The van der Waals surface area contributed by atoms with Crippen molar-refractivity contribution in [3.63, 3.8) is 0 Å². The number of thiophene rings is 1. The summed E-state index contributed by atoms with van der Waals surface area (Å²) in [6.45, 7) is 3.07. The van der Waals surface area contributed by atoms with Crippen molar-refractivity contribution in [2.75, 3.05) is 7.05 Å². The summed E-state index contributed by atoms with van der Waals surface area (Å²) >= 11 is 1.77. The first-order chi connectivity index (χ1) is 11.2. The van der Waals surface area contributed by atoms with E-state index in [0.717, 1.165) is 6.42 Å². The minimum absolute atomic E-state index is 0. The average Bonchev–Trinajstić information content (AvgIpc) is 3.04. The first-order valence-electron chi connectivity index (χ1n) is 7.37. The van der Waals surface area contributed by atoms with E-state index in [2.05, 4.69) is 34.7 Å². The lowest BCUT2D eigenvalue weighted by Crippen LogP contribution is -2.36. The molecule has 0 radical (unpaired) electrons. The van der Waals surface area contributed by atoms with Crippen molar-refractivity contribution < 1.29 is 4.39 Å². The molecule has 0 spiro atoms. The van der Waals surface area contributed by atoms with Gasteiger partial charge in [0.1, 0.15) is 5.82 Å². The van der Waals surface area contributed by atoms with Crippen LogP contribution in [0.2, 0.25) is 0 Å². The van der Waals surface area contributed by atoms with Gasteiger partial charge in [-0.3, -0.25) is 4.99 Å². The van der Waals surface area contributed by atoms with Gasteiger partial charge in [0.05, 0.1) is 18.2 Å². The SMILES string of the molecule is CCc1ccc(CNC(=NC)NCc2cc(C#N)ccc2F)s1.I. The van der Waals surface area contributed by atoms with Crippen molar-refractivity contribution >= 4 is 41.3 Å². The molecular formula is C17H20FIN4S. The summed E-state index contributed by atoms with van der Waals surface area (Å²) in [6, 6.07) is 10.6. The first-order valence-corrected chi connectivity index (χ1v) is 8.18. The Morgan fingerprint density at radius 2 is 1.92 bits per heavy atom. The van der Waals surface area contributed by atoms with E-state index in [1.165, 1.54) is 21.9 Å². The third-order valence-corrected chi connectivity index (χ3v) is 4.57. The molecule has 0 amide bonds. The van der Waals surface area contributed by atoms with E-state index < -0.39 is 0 Å². The Balaban J connectivity index is 0.00000288. The summed E-state index contributed by atoms with van der Waals surface area (Å²) in [5, 5.41) is 15.1. The van der Waals surface area contributed by atoms with Crippen LogP contribution in [0, 0.1) is 17.1 Å². The van der Waals surface area contributed by atoms with Crippen molar-refractivity contribution in [3.8, 4) is 6.07 Å². The maximum Gasteiger partial charge on any atom is 0.191 e. The van der Waals surface area contributed by atoms with Gasteiger partial charge in [0.25, 0.3) is 0 Å². The smallest absolute Gasteiger partial charge is 0.191 e. The molecule has 0 bridgehead atoms. The Bertz CT molecular complexity index is 736. The van der Waals surface area contributed by atoms with E-state index in [4.69, 9.17) is 5.26 Å². The summed E-state index contributed by atoms with van der Waals surface area (Å²) in [4.78, 5) is 6.70. The summed E-state index contributed by atoms with van der Waals surface area (Å²) in [5.74, 6) is 0.260. The van der Waals surface area contributed by atoms with Gasteiger partial charge in [0, 0.05) is 28.9 Å². The molecule has 1 aromatic heterocycles. The lowest BCUT2D eigenvalue weighted by Gasteiger charge is -2.12. The second-order valence-electron chi connectivity index (χ2n) is 4.92. The Morgan fingerprint density at radius 1 is 1.21 bits per heavy atom. The van der Waals surface area contributed by atoms with Crippen LogP contribution in [0.3, 0.4) is 0 Å². The fraction of sp³-hybridized carbons (Fsp3) is 0.294. The second kappa shape index (κ2) is 10.3. The summed E-state index contributed by atoms with van der Waals surface area (Å²) in [7, 11) is 1.67. The van der Waals surface area contributed by atoms with Gasteiger partial charge in [-0.2, -0.15) is 5.26 Å². The van der Waals surface area contributed by atoms with Crippen LogP contribution < -0.4 is 10.6 Å². The quantitative estimate of drug-likeness (QED) is 0.407. The molecule has 2 aromatic rings. The van der Waals surface area contributed by atoms with Crippen LogP contribution in [0.1, 0.15) is 27.8 Å². The standard InChI is InChI=1S/C17H19FN4S.HI/c1-3-14-5-6-15(23-14)11-22-17(20-2)21-10-13-8-12(9-19)4-7-16(13)18;/h4-8H,3,10-11H2,1-2H3,(H2,20,21,22);1H. The predicted octanol–water partition coefficient (Wildman–Crippen LogP) is 3.80. The van der Waals surface area contributed by atoms with E-state index in [1.807, 2.05) is 6.07 Å². The van der Waals surface area contributed by atoms with Crippen LogP contribution in [0.25, 0.3) is 0 Å². The largest absolute Gasteiger partial charge is 0.352 e. The Morgan fingerprint density at radius 3 is 2.54 bits per heavy atom. The molecule has 0 saturated carbocycles. The molecular weight excluding hydrogens is 438 g/mol. The molecule has 0 aliphatic carbocycles. The number of nitriles is 1. The molecule has 128 valence electrons. The van der Waals surface area contributed by atoms with Crippen molar-refractivity contribution in [1.29, 1.82) is 5.26 Å². The van der Waals surface area contributed by atoms with E-state index in [9.17, 15) is 4.39 Å². The lowest BCUT2D eigenvalue weighted by molar-refractivity contribution is 0.604. The van der Waals surface area contributed by atoms with Gasteiger partial charge in [0.2, 0.25) is 0 Å². The maximum atomic E-state index is 13.7. The molecule has 0 aliphatic rings. The molecule has 7 heteroatoms. The third kappa shape index (κ3) is 5.76. The number of rotatable bonds is 5. The number of aliphatic imine (C=N–C) groups is 1. The number of aryl methyl sites for hydroxylation is 1. The van der Waals surface area contributed by atoms with E-state index in [0.29, 0.717) is 23.6 Å². The molecule has 24 heavy (non-hydrogen) atoms. The van der Waals surface area contributed by atoms with Crippen LogP contribution in [0.4, 0.5) is 4.39 Å². The first kappa shape index (κ1) is 20.4. The predicted molar refractivity (Wildman–Crippen MR) is 107 cm³/mol. The van der Waals surface area contributed by atoms with E-state index >= 15 is 0 Å². The van der Waals surface area contributed by atoms with Crippen molar-refractivity contribution in [1.82, 2.24) is 10.6 Å². The zero-order valence-electron chi connectivity index (χ0n) is 13.6. The highest BCUT2D eigenvalue weighted by Crippen LogP contribution is 2.16. The minimum Gasteiger partial charge on any atom is -0.352 e. The molecule has 0 fully saturated rings. The minimum atomic E-state index is -0.335. The van der Waals surface area contributed by atoms with Crippen LogP contribution >= 0.6 is 35.3 Å². The van der Waals surface area contributed by atoms with Crippen molar-refractivity contribution in [2.45, 2.75) is 26.4 Å². The van der Waals surface area contributed by atoms with Crippen LogP contribution in [-0.4, -0.2) is 13.0 Å². The van der Waals surface area contributed by atoms with Gasteiger partial charge in [-0.25, -0.2) is 4.39 Å². The summed E-state index contributed by atoms with van der Waals surface area (Å²) < 4.78 is 13.7. The van der Waals surface area contributed by atoms with Gasteiger partial charge >= 0.3 is 0 Å². The maximum absolute atomic E-state index is 13.7. The normalized spacial score (nSPS) is 10.7. The molecule has 4 nitrogen and oxygen atoms in total. The van der Waals surface area contributed by atoms with Crippen molar-refractivity contribution in [3.05, 3.63) is 57.0 Å². The number of guanidine groups is 1. The number of benzene rings is 1. The van der Waals surface area contributed by atoms with Gasteiger partial charge in [0.15, 0.2) is 5.96 Å². The van der Waals surface area contributed by atoms with Crippen LogP contribution in [0.15, 0.2) is 35.3 Å². The lowest BCUT2D eigenvalue weighted by atomic mass is 10.1. The van der Waals surface area contributed by atoms with Crippen LogP contribution in [0.5, 0.6) is 0 Å². The number of nitrogens with one attached hydrogen (secondary N) is 2. The Hall–Kier alpha value is -1.66. The van der Waals surface area contributed by atoms with Crippen LogP contribution in [-0.2, 0) is 19.5 Å². The number of halogens is 2. The second-order valence-corrected chi connectivity index (χ2v) is 6.17. The fourth-order valence-electron chi connectivity index (χ4n) is 2.06. The zero-order valence-corrected chi connectivity index (χ0v) is 16.7. The molecule has 2 N–H and O–H groups in total. The third-order valence-electron chi connectivity index (χ3n) is 3.34. The summed E-state index contributed by atoms with van der Waals surface area (Å²) in [5.41, 5.74) is 0.883. The van der Waals surface area contributed by atoms with E-state index in [1.54, 1.807) is 24.5 Å². The molecule has 1 aromatic carbocycles. The number of hydrogen-bond donors (Lipinski definition) is 2. The van der Waals surface area contributed by atoms with Gasteiger partial charge in [-0.05, 0) is 36.8 Å². The topological polar surface area (TPSA) is 60.2 Å². The molecule has 2 rings (SSSR count). The highest BCUT2D eigenvalue weighted by atomic mass is 127. The molecule has 0 saturated heterocycles.